The second-order valence-corrected chi connectivity index (χ2v) is 5.02. The van der Waals surface area contributed by atoms with Crippen LogP contribution in [0.2, 0.25) is 0 Å². The number of hydrogen-bond acceptors (Lipinski definition) is 2. The van der Waals surface area contributed by atoms with Crippen molar-refractivity contribution >= 4 is 0 Å². The van der Waals surface area contributed by atoms with Crippen LogP contribution in [0.3, 0.4) is 0 Å². The van der Waals surface area contributed by atoms with Crippen LogP contribution in [0, 0.1) is 12.7 Å². The second kappa shape index (κ2) is 4.65. The molecule has 2 rings (SSSR count). The lowest BCUT2D eigenvalue weighted by Crippen LogP contribution is -2.39. The number of nitrogens with two attached hydrogens (primary N) is 1. The fraction of sp³-hybridized carbons (Fsp3) is 0.571. The van der Waals surface area contributed by atoms with Gasteiger partial charge in [0.05, 0.1) is 7.11 Å². The summed E-state index contributed by atoms with van der Waals surface area (Å²) in [5.74, 6) is 0.518. The molecule has 0 bridgehead atoms. The summed E-state index contributed by atoms with van der Waals surface area (Å²) in [7, 11) is 1.61. The van der Waals surface area contributed by atoms with Crippen molar-refractivity contribution < 1.29 is 9.13 Å². The van der Waals surface area contributed by atoms with Crippen LogP contribution in [0.1, 0.15) is 43.2 Å². The van der Waals surface area contributed by atoms with Gasteiger partial charge < -0.3 is 10.5 Å². The first-order valence-electron chi connectivity index (χ1n) is 6.20. The molecule has 2 nitrogen and oxygen atoms in total. The first-order chi connectivity index (χ1) is 8.07. The van der Waals surface area contributed by atoms with Crippen molar-refractivity contribution in [3.05, 3.63) is 29.1 Å². The Hall–Kier alpha value is -1.09. The van der Waals surface area contributed by atoms with Crippen LogP contribution in [-0.2, 0) is 5.54 Å². The van der Waals surface area contributed by atoms with Gasteiger partial charge in [-0.25, -0.2) is 4.39 Å². The molecule has 17 heavy (non-hydrogen) atoms. The Kier molecular flexibility index (Phi) is 3.38. The summed E-state index contributed by atoms with van der Waals surface area (Å²) in [6.45, 7) is 1.84. The van der Waals surface area contributed by atoms with E-state index in [1.165, 1.54) is 12.5 Å². The molecular formula is C14H20FNO. The number of hydrogen-bond donors (Lipinski definition) is 1. The number of rotatable bonds is 2. The summed E-state index contributed by atoms with van der Waals surface area (Å²) < 4.78 is 19.3. The number of ether oxygens (including phenoxy) is 1. The lowest BCUT2D eigenvalue weighted by atomic mass is 9.77. The molecule has 0 aliphatic heterocycles. The fourth-order valence-electron chi connectivity index (χ4n) is 2.71. The van der Waals surface area contributed by atoms with Crippen LogP contribution in [-0.4, -0.2) is 7.11 Å². The molecule has 0 saturated heterocycles. The molecule has 1 aromatic rings. The van der Waals surface area contributed by atoms with E-state index in [-0.39, 0.29) is 5.82 Å². The average molecular weight is 237 g/mol. The van der Waals surface area contributed by atoms with E-state index >= 15 is 0 Å². The first kappa shape index (κ1) is 12.4. The maximum absolute atomic E-state index is 14.1. The van der Waals surface area contributed by atoms with Gasteiger partial charge in [-0.15, -0.1) is 0 Å². The van der Waals surface area contributed by atoms with Crippen molar-refractivity contribution in [2.75, 3.05) is 7.11 Å². The predicted octanol–water partition coefficient (Wildman–Crippen LogP) is 3.26. The minimum Gasteiger partial charge on any atom is -0.496 e. The van der Waals surface area contributed by atoms with Gasteiger partial charge in [0.15, 0.2) is 0 Å². The molecule has 1 fully saturated rings. The normalized spacial score (nSPS) is 19.1. The number of halogens is 1. The van der Waals surface area contributed by atoms with Crippen LogP contribution < -0.4 is 10.5 Å². The molecule has 1 aliphatic carbocycles. The third-order valence-corrected chi connectivity index (χ3v) is 3.77. The van der Waals surface area contributed by atoms with E-state index in [2.05, 4.69) is 0 Å². The van der Waals surface area contributed by atoms with Crippen molar-refractivity contribution in [2.45, 2.75) is 44.6 Å². The Labute approximate surface area is 102 Å². The minimum absolute atomic E-state index is 0.201. The molecule has 0 amide bonds. The summed E-state index contributed by atoms with van der Waals surface area (Å²) in [5, 5.41) is 0. The standard InChI is InChI=1S/C14H20FNO/c1-10-8-12(15)11(9-13(10)17-2)14(16)6-4-3-5-7-14/h8-9H,3-7,16H2,1-2H3. The summed E-state index contributed by atoms with van der Waals surface area (Å²) >= 11 is 0. The van der Waals surface area contributed by atoms with Gasteiger partial charge in [-0.05, 0) is 37.5 Å². The van der Waals surface area contributed by atoms with Gasteiger partial charge in [0, 0.05) is 11.1 Å². The van der Waals surface area contributed by atoms with Crippen LogP contribution in [0.5, 0.6) is 5.75 Å². The van der Waals surface area contributed by atoms with E-state index in [0.29, 0.717) is 5.56 Å². The first-order valence-corrected chi connectivity index (χ1v) is 6.20. The maximum atomic E-state index is 14.1. The van der Waals surface area contributed by atoms with E-state index in [9.17, 15) is 4.39 Å². The van der Waals surface area contributed by atoms with E-state index in [4.69, 9.17) is 10.5 Å². The third-order valence-electron chi connectivity index (χ3n) is 3.77. The van der Waals surface area contributed by atoms with Crippen molar-refractivity contribution in [1.82, 2.24) is 0 Å². The van der Waals surface area contributed by atoms with Crippen LogP contribution >= 0.6 is 0 Å². The van der Waals surface area contributed by atoms with Gasteiger partial charge in [-0.2, -0.15) is 0 Å². The van der Waals surface area contributed by atoms with E-state index < -0.39 is 5.54 Å². The molecule has 94 valence electrons. The summed E-state index contributed by atoms with van der Waals surface area (Å²) in [6, 6.07) is 3.30. The number of aryl methyl sites for hydroxylation is 1. The minimum atomic E-state index is -0.511. The molecule has 0 unspecified atom stereocenters. The van der Waals surface area contributed by atoms with E-state index in [1.54, 1.807) is 13.2 Å². The summed E-state index contributed by atoms with van der Waals surface area (Å²) in [4.78, 5) is 0. The van der Waals surface area contributed by atoms with Gasteiger partial charge in [0.1, 0.15) is 11.6 Å². The highest BCUT2D eigenvalue weighted by molar-refractivity contribution is 5.40. The highest BCUT2D eigenvalue weighted by Gasteiger charge is 2.32. The topological polar surface area (TPSA) is 35.2 Å². The van der Waals surface area contributed by atoms with Gasteiger partial charge in [0.2, 0.25) is 0 Å². The van der Waals surface area contributed by atoms with Crippen molar-refractivity contribution in [1.29, 1.82) is 0 Å². The van der Waals surface area contributed by atoms with Crippen molar-refractivity contribution in [3.63, 3.8) is 0 Å². The molecule has 0 spiro atoms. The Balaban J connectivity index is 2.43. The van der Waals surface area contributed by atoms with E-state index in [1.807, 2.05) is 6.92 Å². The van der Waals surface area contributed by atoms with Crippen molar-refractivity contribution in [2.24, 2.45) is 5.73 Å². The maximum Gasteiger partial charge on any atom is 0.128 e. The highest BCUT2D eigenvalue weighted by atomic mass is 19.1. The fourth-order valence-corrected chi connectivity index (χ4v) is 2.71. The molecule has 1 saturated carbocycles. The van der Waals surface area contributed by atoms with Crippen LogP contribution in [0.4, 0.5) is 4.39 Å². The monoisotopic (exact) mass is 237 g/mol. The summed E-state index contributed by atoms with van der Waals surface area (Å²) in [5.41, 5.74) is 7.27. The predicted molar refractivity (Wildman–Crippen MR) is 66.6 cm³/mol. The lowest BCUT2D eigenvalue weighted by molar-refractivity contribution is 0.291. The van der Waals surface area contributed by atoms with Gasteiger partial charge in [-0.1, -0.05) is 19.3 Å². The van der Waals surface area contributed by atoms with Gasteiger partial charge in [0.25, 0.3) is 0 Å². The van der Waals surface area contributed by atoms with Crippen LogP contribution in [0.25, 0.3) is 0 Å². The zero-order valence-corrected chi connectivity index (χ0v) is 10.6. The molecule has 1 aliphatic rings. The van der Waals surface area contributed by atoms with Gasteiger partial charge >= 0.3 is 0 Å². The molecule has 1 aromatic carbocycles. The molecule has 0 radical (unpaired) electrons. The number of benzene rings is 1. The molecule has 3 heteroatoms. The smallest absolute Gasteiger partial charge is 0.128 e. The van der Waals surface area contributed by atoms with Gasteiger partial charge in [-0.3, -0.25) is 0 Å². The Morgan fingerprint density at radius 2 is 1.88 bits per heavy atom. The summed E-state index contributed by atoms with van der Waals surface area (Å²) in [6.07, 6.45) is 5.06. The molecular weight excluding hydrogens is 217 g/mol. The van der Waals surface area contributed by atoms with Crippen LogP contribution in [0.15, 0.2) is 12.1 Å². The number of methoxy groups -OCH3 is 1. The van der Waals surface area contributed by atoms with Crippen molar-refractivity contribution in [3.8, 4) is 5.75 Å². The molecule has 0 heterocycles. The molecule has 0 aromatic heterocycles. The average Bonchev–Trinajstić information content (AvgIpc) is 2.30. The SMILES string of the molecule is COc1cc(C2(N)CCCCC2)c(F)cc1C. The Bertz CT molecular complexity index is 411. The molecule has 2 N–H and O–H groups in total. The quantitative estimate of drug-likeness (QED) is 0.856. The zero-order chi connectivity index (χ0) is 12.5. The molecule has 0 atom stereocenters. The largest absolute Gasteiger partial charge is 0.496 e. The Morgan fingerprint density at radius 1 is 1.24 bits per heavy atom. The lowest BCUT2D eigenvalue weighted by Gasteiger charge is -2.34. The third kappa shape index (κ3) is 2.29. The Morgan fingerprint density at radius 3 is 2.47 bits per heavy atom. The second-order valence-electron chi connectivity index (χ2n) is 5.02. The van der Waals surface area contributed by atoms with E-state index in [0.717, 1.165) is 37.0 Å². The highest BCUT2D eigenvalue weighted by Crippen LogP contribution is 2.38. The zero-order valence-electron chi connectivity index (χ0n) is 10.6.